The summed E-state index contributed by atoms with van der Waals surface area (Å²) in [7, 11) is 0. The minimum Gasteiger partial charge on any atom is -0.494 e. The van der Waals surface area contributed by atoms with Crippen LogP contribution in [-0.4, -0.2) is 52.6 Å². The van der Waals surface area contributed by atoms with Crippen LogP contribution < -0.4 is 0 Å². The number of ether oxygens (including phenoxy) is 2. The van der Waals surface area contributed by atoms with Crippen LogP contribution in [0.1, 0.15) is 34.1 Å². The first-order valence-corrected chi connectivity index (χ1v) is 9.40. The van der Waals surface area contributed by atoms with Crippen molar-refractivity contribution in [3.05, 3.63) is 24.0 Å². The molecule has 0 radical (unpaired) electrons. The Hall–Kier alpha value is -1.43. The third-order valence-electron chi connectivity index (χ3n) is 4.18. The molecular formula is C18H26N2O3S. The summed E-state index contributed by atoms with van der Waals surface area (Å²) >= 11 is 1.81. The van der Waals surface area contributed by atoms with E-state index in [9.17, 15) is 4.79 Å². The zero-order valence-corrected chi connectivity index (χ0v) is 15.6. The fourth-order valence-electron chi connectivity index (χ4n) is 3.05. The summed E-state index contributed by atoms with van der Waals surface area (Å²) in [5, 5.41) is 1.56. The van der Waals surface area contributed by atoms with Gasteiger partial charge in [0.05, 0.1) is 22.9 Å². The molecular weight excluding hydrogens is 324 g/mol. The molecule has 0 saturated carbocycles. The van der Waals surface area contributed by atoms with E-state index in [2.05, 4.69) is 24.1 Å². The van der Waals surface area contributed by atoms with E-state index in [4.69, 9.17) is 9.47 Å². The number of fused-ring (bicyclic) bond motifs is 1. The lowest BCUT2D eigenvalue weighted by Gasteiger charge is -2.24. The van der Waals surface area contributed by atoms with Crippen LogP contribution in [0.2, 0.25) is 0 Å². The monoisotopic (exact) mass is 350 g/mol. The quantitative estimate of drug-likeness (QED) is 0.780. The molecule has 24 heavy (non-hydrogen) atoms. The normalized spacial score (nSPS) is 29.2. The summed E-state index contributed by atoms with van der Waals surface area (Å²) < 4.78 is 11.4. The number of nitrogens with zero attached hydrogens (tertiary/aromatic N) is 2. The van der Waals surface area contributed by atoms with E-state index in [1.165, 1.54) is 0 Å². The number of rotatable bonds is 3. The maximum absolute atomic E-state index is 12.1. The second-order valence-corrected chi connectivity index (χ2v) is 8.91. The first-order chi connectivity index (χ1) is 11.3. The second kappa shape index (κ2) is 6.82. The van der Waals surface area contributed by atoms with E-state index in [0.29, 0.717) is 24.3 Å². The summed E-state index contributed by atoms with van der Waals surface area (Å²) in [6.45, 7) is 9.79. The molecule has 0 bridgehead atoms. The Bertz CT molecular complexity index is 592. The largest absolute Gasteiger partial charge is 0.494 e. The van der Waals surface area contributed by atoms with Crippen molar-refractivity contribution in [3.63, 3.8) is 0 Å². The highest BCUT2D eigenvalue weighted by Gasteiger charge is 2.31. The van der Waals surface area contributed by atoms with Gasteiger partial charge in [0, 0.05) is 19.0 Å². The van der Waals surface area contributed by atoms with Crippen LogP contribution in [0.3, 0.4) is 0 Å². The topological polar surface area (TPSA) is 51.1 Å². The summed E-state index contributed by atoms with van der Waals surface area (Å²) in [5.41, 5.74) is -0.447. The Kier molecular flexibility index (Phi) is 4.95. The number of likely N-dealkylation sites (tertiary alicyclic amines) is 1. The van der Waals surface area contributed by atoms with Gasteiger partial charge < -0.3 is 14.4 Å². The highest BCUT2D eigenvalue weighted by Crippen LogP contribution is 2.32. The summed E-state index contributed by atoms with van der Waals surface area (Å²) in [6, 6.07) is 0.205. The average molecular weight is 350 g/mol. The van der Waals surface area contributed by atoms with E-state index in [-0.39, 0.29) is 12.1 Å². The van der Waals surface area contributed by atoms with Crippen LogP contribution >= 0.6 is 11.8 Å². The van der Waals surface area contributed by atoms with E-state index in [0.717, 1.165) is 23.8 Å². The number of allylic oxidation sites excluding steroid dienone is 1. The summed E-state index contributed by atoms with van der Waals surface area (Å²) in [6.07, 6.45) is 7.05. The van der Waals surface area contributed by atoms with E-state index in [1.807, 2.05) is 38.6 Å². The molecule has 1 saturated heterocycles. The van der Waals surface area contributed by atoms with Gasteiger partial charge in [-0.3, -0.25) is 4.99 Å². The van der Waals surface area contributed by atoms with Gasteiger partial charge in [0.1, 0.15) is 11.4 Å². The maximum Gasteiger partial charge on any atom is 0.410 e. The third kappa shape index (κ3) is 4.35. The number of hydrogen-bond acceptors (Lipinski definition) is 5. The van der Waals surface area contributed by atoms with Crippen molar-refractivity contribution >= 4 is 22.9 Å². The first-order valence-electron chi connectivity index (χ1n) is 8.52. The van der Waals surface area contributed by atoms with Crippen molar-refractivity contribution < 1.29 is 14.3 Å². The Morgan fingerprint density at radius 3 is 3.00 bits per heavy atom. The molecule has 132 valence electrons. The molecule has 1 fully saturated rings. The highest BCUT2D eigenvalue weighted by atomic mass is 32.2. The van der Waals surface area contributed by atoms with E-state index >= 15 is 0 Å². The Labute approximate surface area is 148 Å². The number of hydrogen-bond donors (Lipinski definition) is 0. The van der Waals surface area contributed by atoms with Crippen molar-refractivity contribution in [3.8, 4) is 0 Å². The molecule has 0 N–H and O–H groups in total. The molecule has 3 aliphatic rings. The van der Waals surface area contributed by atoms with Gasteiger partial charge in [-0.25, -0.2) is 4.79 Å². The third-order valence-corrected chi connectivity index (χ3v) is 5.34. The number of carbonyl (C=O) groups is 1. The van der Waals surface area contributed by atoms with Gasteiger partial charge in [0.2, 0.25) is 0 Å². The lowest BCUT2D eigenvalue weighted by atomic mass is 10.1. The highest BCUT2D eigenvalue weighted by molar-refractivity contribution is 8.14. The van der Waals surface area contributed by atoms with Gasteiger partial charge in [-0.2, -0.15) is 0 Å². The smallest absolute Gasteiger partial charge is 0.410 e. The van der Waals surface area contributed by atoms with Crippen molar-refractivity contribution in [1.82, 2.24) is 4.90 Å². The van der Waals surface area contributed by atoms with Crippen molar-refractivity contribution in [1.29, 1.82) is 0 Å². The van der Waals surface area contributed by atoms with Gasteiger partial charge in [-0.15, -0.1) is 11.8 Å². The SMILES string of the molecule is CC1=NC2C=C(OCC3CCN(C(=O)OC(C)(C)C)C3)C=CC2S1. The predicted octanol–water partition coefficient (Wildman–Crippen LogP) is 3.62. The predicted molar refractivity (Wildman–Crippen MR) is 97.4 cm³/mol. The summed E-state index contributed by atoms with van der Waals surface area (Å²) in [5.74, 6) is 1.25. The van der Waals surface area contributed by atoms with Gasteiger partial charge >= 0.3 is 6.09 Å². The number of amides is 1. The minimum atomic E-state index is -0.447. The molecule has 3 rings (SSSR count). The molecule has 0 aromatic heterocycles. The molecule has 2 aliphatic heterocycles. The van der Waals surface area contributed by atoms with Crippen LogP contribution in [-0.2, 0) is 9.47 Å². The van der Waals surface area contributed by atoms with Crippen LogP contribution in [0.25, 0.3) is 0 Å². The Balaban J connectivity index is 1.46. The molecule has 0 spiro atoms. The van der Waals surface area contributed by atoms with Gasteiger partial charge in [0.15, 0.2) is 0 Å². The average Bonchev–Trinajstić information content (AvgIpc) is 3.08. The molecule has 3 unspecified atom stereocenters. The molecule has 3 atom stereocenters. The van der Waals surface area contributed by atoms with Gasteiger partial charge in [-0.05, 0) is 46.3 Å². The fraction of sp³-hybridized carbons (Fsp3) is 0.667. The van der Waals surface area contributed by atoms with Crippen LogP contribution in [0, 0.1) is 5.92 Å². The van der Waals surface area contributed by atoms with Crippen molar-refractivity contribution in [2.75, 3.05) is 19.7 Å². The number of carbonyl (C=O) groups excluding carboxylic acids is 1. The second-order valence-electron chi connectivity index (χ2n) is 7.54. The van der Waals surface area contributed by atoms with Gasteiger partial charge in [-0.1, -0.05) is 6.08 Å². The standard InChI is InChI=1S/C18H26N2O3S/c1-12-19-15-9-14(5-6-16(15)24-12)22-11-13-7-8-20(10-13)17(21)23-18(2,3)4/h5-6,9,13,15-16H,7-8,10-11H2,1-4H3. The van der Waals surface area contributed by atoms with Crippen LogP contribution in [0.4, 0.5) is 4.79 Å². The number of thioether (sulfide) groups is 1. The van der Waals surface area contributed by atoms with Crippen molar-refractivity contribution in [2.24, 2.45) is 10.9 Å². The first kappa shape index (κ1) is 17.4. The molecule has 0 aromatic rings. The zero-order valence-electron chi connectivity index (χ0n) is 14.8. The molecule has 5 nitrogen and oxygen atoms in total. The molecule has 2 heterocycles. The van der Waals surface area contributed by atoms with Crippen molar-refractivity contribution in [2.45, 2.75) is 51.0 Å². The minimum absolute atomic E-state index is 0.205. The zero-order chi connectivity index (χ0) is 17.3. The molecule has 0 aromatic carbocycles. The molecule has 1 amide bonds. The summed E-state index contributed by atoms with van der Waals surface area (Å²) in [4.78, 5) is 18.5. The fourth-order valence-corrected chi connectivity index (χ4v) is 4.06. The lowest BCUT2D eigenvalue weighted by molar-refractivity contribution is 0.0282. The molecule has 1 aliphatic carbocycles. The van der Waals surface area contributed by atoms with E-state index in [1.54, 1.807) is 4.90 Å². The lowest BCUT2D eigenvalue weighted by Crippen LogP contribution is -2.35. The maximum atomic E-state index is 12.1. The van der Waals surface area contributed by atoms with Gasteiger partial charge in [0.25, 0.3) is 0 Å². The van der Waals surface area contributed by atoms with Crippen LogP contribution in [0.5, 0.6) is 0 Å². The Morgan fingerprint density at radius 1 is 1.46 bits per heavy atom. The number of aliphatic imine (C=N–C) groups is 1. The molecule has 6 heteroatoms. The Morgan fingerprint density at radius 2 is 2.25 bits per heavy atom. The van der Waals surface area contributed by atoms with Crippen LogP contribution in [0.15, 0.2) is 29.0 Å². The van der Waals surface area contributed by atoms with E-state index < -0.39 is 5.60 Å².